The second-order valence-corrected chi connectivity index (χ2v) is 3.51. The summed E-state index contributed by atoms with van der Waals surface area (Å²) in [6, 6.07) is 0. The molecule has 0 atom stereocenters. The maximum Gasteiger partial charge on any atom is 0.221 e. The number of unbranched alkanes of at least 4 members (excludes halogenated alkanes) is 2. The molecule has 0 aliphatic rings. The van der Waals surface area contributed by atoms with Crippen LogP contribution in [-0.4, -0.2) is 39.3 Å². The molecule has 0 aliphatic heterocycles. The second kappa shape index (κ2) is 11.5. The van der Waals surface area contributed by atoms with Crippen LogP contribution in [0.15, 0.2) is 0 Å². The molecule has 0 heterocycles. The highest BCUT2D eigenvalue weighted by Gasteiger charge is 1.97. The average molecular weight is 216 g/mol. The van der Waals surface area contributed by atoms with Crippen LogP contribution in [0.5, 0.6) is 0 Å². The number of rotatable bonds is 10. The number of hydrogen-bond acceptors (Lipinski definition) is 3. The molecule has 0 unspecified atom stereocenters. The van der Waals surface area contributed by atoms with Crippen molar-refractivity contribution in [1.29, 1.82) is 0 Å². The van der Waals surface area contributed by atoms with Crippen molar-refractivity contribution in [3.05, 3.63) is 0 Å². The van der Waals surface area contributed by atoms with Gasteiger partial charge in [0.15, 0.2) is 0 Å². The van der Waals surface area contributed by atoms with E-state index in [-0.39, 0.29) is 5.91 Å². The standard InChI is InChI=1S/C11H24N2O2/c1-3-13-11(14)7-9-12-8-5-4-6-10-15-2/h12H,3-10H2,1-2H3,(H,13,14). The quantitative estimate of drug-likeness (QED) is 0.534. The summed E-state index contributed by atoms with van der Waals surface area (Å²) < 4.78 is 4.95. The van der Waals surface area contributed by atoms with Gasteiger partial charge in [-0.25, -0.2) is 0 Å². The first-order valence-electron chi connectivity index (χ1n) is 5.77. The van der Waals surface area contributed by atoms with Crippen molar-refractivity contribution in [1.82, 2.24) is 10.6 Å². The lowest BCUT2D eigenvalue weighted by Crippen LogP contribution is -2.27. The molecular formula is C11H24N2O2. The predicted molar refractivity (Wildman–Crippen MR) is 61.9 cm³/mol. The van der Waals surface area contributed by atoms with E-state index in [2.05, 4.69) is 10.6 Å². The monoisotopic (exact) mass is 216 g/mol. The summed E-state index contributed by atoms with van der Waals surface area (Å²) in [5.74, 6) is 0.129. The van der Waals surface area contributed by atoms with Crippen LogP contribution in [0.3, 0.4) is 0 Å². The van der Waals surface area contributed by atoms with E-state index in [0.29, 0.717) is 6.42 Å². The second-order valence-electron chi connectivity index (χ2n) is 3.51. The van der Waals surface area contributed by atoms with Gasteiger partial charge < -0.3 is 15.4 Å². The molecule has 90 valence electrons. The Morgan fingerprint density at radius 2 is 2.00 bits per heavy atom. The normalized spacial score (nSPS) is 10.3. The van der Waals surface area contributed by atoms with Crippen LogP contribution in [0.1, 0.15) is 32.6 Å². The SMILES string of the molecule is CCNC(=O)CCNCCCCCOC. The maximum atomic E-state index is 11.0. The van der Waals surface area contributed by atoms with E-state index in [0.717, 1.165) is 39.1 Å². The van der Waals surface area contributed by atoms with Crippen molar-refractivity contribution in [3.8, 4) is 0 Å². The minimum atomic E-state index is 0.129. The highest BCUT2D eigenvalue weighted by Crippen LogP contribution is 1.93. The third-order valence-corrected chi connectivity index (χ3v) is 2.10. The molecule has 0 aromatic heterocycles. The molecule has 0 aliphatic carbocycles. The zero-order valence-electron chi connectivity index (χ0n) is 9.97. The topological polar surface area (TPSA) is 50.4 Å². The lowest BCUT2D eigenvalue weighted by atomic mass is 10.2. The van der Waals surface area contributed by atoms with Gasteiger partial charge in [0.1, 0.15) is 0 Å². The Labute approximate surface area is 92.8 Å². The summed E-state index contributed by atoms with van der Waals surface area (Å²) in [6.45, 7) is 5.26. The van der Waals surface area contributed by atoms with Crippen LogP contribution in [0.4, 0.5) is 0 Å². The van der Waals surface area contributed by atoms with Crippen LogP contribution < -0.4 is 10.6 Å². The average Bonchev–Trinajstić information content (AvgIpc) is 2.22. The number of amides is 1. The molecule has 0 bridgehead atoms. The number of ether oxygens (including phenoxy) is 1. The highest BCUT2D eigenvalue weighted by molar-refractivity contribution is 5.75. The molecule has 2 N–H and O–H groups in total. The Morgan fingerprint density at radius 1 is 1.20 bits per heavy atom. The van der Waals surface area contributed by atoms with Gasteiger partial charge in [0.25, 0.3) is 0 Å². The van der Waals surface area contributed by atoms with Crippen LogP contribution in [-0.2, 0) is 9.53 Å². The fourth-order valence-corrected chi connectivity index (χ4v) is 1.29. The zero-order chi connectivity index (χ0) is 11.4. The third kappa shape index (κ3) is 11.3. The Balaban J connectivity index is 3.01. The van der Waals surface area contributed by atoms with Crippen molar-refractivity contribution in [3.63, 3.8) is 0 Å². The van der Waals surface area contributed by atoms with Crippen LogP contribution >= 0.6 is 0 Å². The molecule has 0 aromatic rings. The van der Waals surface area contributed by atoms with Crippen molar-refractivity contribution in [2.45, 2.75) is 32.6 Å². The summed E-state index contributed by atoms with van der Waals surface area (Å²) in [5.41, 5.74) is 0. The minimum Gasteiger partial charge on any atom is -0.385 e. The number of nitrogens with one attached hydrogen (secondary N) is 2. The first-order chi connectivity index (χ1) is 7.31. The number of methoxy groups -OCH3 is 1. The number of carbonyl (C=O) groups is 1. The van der Waals surface area contributed by atoms with Gasteiger partial charge >= 0.3 is 0 Å². The van der Waals surface area contributed by atoms with Crippen molar-refractivity contribution in [2.75, 3.05) is 33.4 Å². The first-order valence-corrected chi connectivity index (χ1v) is 5.77. The molecule has 0 fully saturated rings. The lowest BCUT2D eigenvalue weighted by molar-refractivity contribution is -0.120. The fraction of sp³-hybridized carbons (Fsp3) is 0.909. The smallest absolute Gasteiger partial charge is 0.221 e. The Kier molecular flexibility index (Phi) is 11.0. The van der Waals surface area contributed by atoms with Crippen LogP contribution in [0.2, 0.25) is 0 Å². The Hall–Kier alpha value is -0.610. The molecule has 15 heavy (non-hydrogen) atoms. The van der Waals surface area contributed by atoms with E-state index in [1.54, 1.807) is 7.11 Å². The largest absolute Gasteiger partial charge is 0.385 e. The van der Waals surface area contributed by atoms with Crippen molar-refractivity contribution < 1.29 is 9.53 Å². The summed E-state index contributed by atoms with van der Waals surface area (Å²) >= 11 is 0. The molecule has 0 saturated carbocycles. The molecule has 0 aromatic carbocycles. The summed E-state index contributed by atoms with van der Waals surface area (Å²) in [6.07, 6.45) is 4.03. The van der Waals surface area contributed by atoms with E-state index < -0.39 is 0 Å². The van der Waals surface area contributed by atoms with Crippen LogP contribution in [0.25, 0.3) is 0 Å². The van der Waals surface area contributed by atoms with Gasteiger partial charge in [-0.15, -0.1) is 0 Å². The summed E-state index contributed by atoms with van der Waals surface area (Å²) in [4.78, 5) is 11.0. The molecule has 4 nitrogen and oxygen atoms in total. The summed E-state index contributed by atoms with van der Waals surface area (Å²) in [5, 5.41) is 6.02. The van der Waals surface area contributed by atoms with Gasteiger partial charge in [0, 0.05) is 33.2 Å². The molecule has 0 radical (unpaired) electrons. The zero-order valence-corrected chi connectivity index (χ0v) is 9.97. The predicted octanol–water partition coefficient (Wildman–Crippen LogP) is 0.919. The van der Waals surface area contributed by atoms with Gasteiger partial charge in [-0.2, -0.15) is 0 Å². The molecule has 4 heteroatoms. The molecule has 0 rings (SSSR count). The maximum absolute atomic E-state index is 11.0. The van der Waals surface area contributed by atoms with Gasteiger partial charge in [-0.3, -0.25) is 4.79 Å². The van der Waals surface area contributed by atoms with E-state index >= 15 is 0 Å². The number of hydrogen-bond donors (Lipinski definition) is 2. The Morgan fingerprint density at radius 3 is 2.67 bits per heavy atom. The minimum absolute atomic E-state index is 0.129. The first kappa shape index (κ1) is 14.4. The molecular weight excluding hydrogens is 192 g/mol. The summed E-state index contributed by atoms with van der Waals surface area (Å²) in [7, 11) is 1.73. The van der Waals surface area contributed by atoms with E-state index in [9.17, 15) is 4.79 Å². The van der Waals surface area contributed by atoms with Gasteiger partial charge in [0.2, 0.25) is 5.91 Å². The van der Waals surface area contributed by atoms with Crippen molar-refractivity contribution in [2.24, 2.45) is 0 Å². The van der Waals surface area contributed by atoms with E-state index in [1.165, 1.54) is 6.42 Å². The van der Waals surface area contributed by atoms with Gasteiger partial charge in [0.05, 0.1) is 0 Å². The molecule has 1 amide bonds. The van der Waals surface area contributed by atoms with E-state index in [1.807, 2.05) is 6.92 Å². The lowest BCUT2D eigenvalue weighted by Gasteiger charge is -2.04. The third-order valence-electron chi connectivity index (χ3n) is 2.10. The van der Waals surface area contributed by atoms with Gasteiger partial charge in [-0.05, 0) is 32.7 Å². The Bertz CT molecular complexity index is 152. The molecule has 0 spiro atoms. The van der Waals surface area contributed by atoms with Gasteiger partial charge in [-0.1, -0.05) is 0 Å². The number of carbonyl (C=O) groups excluding carboxylic acids is 1. The van der Waals surface area contributed by atoms with Crippen molar-refractivity contribution >= 4 is 5.91 Å². The highest BCUT2D eigenvalue weighted by atomic mass is 16.5. The molecule has 0 saturated heterocycles. The fourth-order valence-electron chi connectivity index (χ4n) is 1.29. The van der Waals surface area contributed by atoms with E-state index in [4.69, 9.17) is 4.74 Å². The van der Waals surface area contributed by atoms with Crippen LogP contribution in [0, 0.1) is 0 Å².